The number of piperidine rings is 1. The molecule has 2 atom stereocenters. The van der Waals surface area contributed by atoms with Gasteiger partial charge in [0.25, 0.3) is 0 Å². The summed E-state index contributed by atoms with van der Waals surface area (Å²) in [6.07, 6.45) is 4.52. The van der Waals surface area contributed by atoms with E-state index in [1.807, 2.05) is 12.3 Å². The second-order valence-corrected chi connectivity index (χ2v) is 8.62. The fourth-order valence-corrected chi connectivity index (χ4v) is 5.09. The Kier molecular flexibility index (Phi) is 5.15. The molecule has 1 saturated heterocycles. The van der Waals surface area contributed by atoms with Crippen molar-refractivity contribution in [1.82, 2.24) is 9.88 Å². The number of likely N-dealkylation sites (tertiary alicyclic amines) is 1. The average Bonchev–Trinajstić information content (AvgIpc) is 3.24. The lowest BCUT2D eigenvalue weighted by Gasteiger charge is -2.40. The molecule has 30 heavy (non-hydrogen) atoms. The minimum Gasteiger partial charge on any atom is -0.504 e. The number of hydrogen-bond donors (Lipinski definition) is 4. The van der Waals surface area contributed by atoms with Gasteiger partial charge in [-0.2, -0.15) is 0 Å². The summed E-state index contributed by atoms with van der Waals surface area (Å²) in [5.74, 6) is 0.341. The van der Waals surface area contributed by atoms with Crippen LogP contribution in [0.5, 0.6) is 11.5 Å². The predicted molar refractivity (Wildman–Crippen MR) is 116 cm³/mol. The highest BCUT2D eigenvalue weighted by Gasteiger charge is 2.35. The van der Waals surface area contributed by atoms with Crippen LogP contribution in [0, 0.1) is 5.92 Å². The maximum Gasteiger partial charge on any atom is 0.161 e. The van der Waals surface area contributed by atoms with Gasteiger partial charge in [0.15, 0.2) is 11.5 Å². The first-order valence-corrected chi connectivity index (χ1v) is 10.8. The molecule has 0 spiro atoms. The summed E-state index contributed by atoms with van der Waals surface area (Å²) in [7, 11) is 0. The van der Waals surface area contributed by atoms with Crippen LogP contribution in [-0.2, 0) is 17.7 Å². The Morgan fingerprint density at radius 1 is 1.10 bits per heavy atom. The van der Waals surface area contributed by atoms with Crippen molar-refractivity contribution in [2.45, 2.75) is 38.0 Å². The summed E-state index contributed by atoms with van der Waals surface area (Å²) >= 11 is 0. The number of aromatic amines is 1. The van der Waals surface area contributed by atoms with E-state index >= 15 is 0 Å². The van der Waals surface area contributed by atoms with Crippen LogP contribution in [0.25, 0.3) is 10.9 Å². The summed E-state index contributed by atoms with van der Waals surface area (Å²) in [6.45, 7) is 3.39. The third-order valence-electron chi connectivity index (χ3n) is 6.78. The molecule has 0 radical (unpaired) electrons. The van der Waals surface area contributed by atoms with E-state index in [1.54, 1.807) is 0 Å². The van der Waals surface area contributed by atoms with Crippen molar-refractivity contribution in [2.75, 3.05) is 19.6 Å². The summed E-state index contributed by atoms with van der Waals surface area (Å²) in [4.78, 5) is 5.75. The van der Waals surface area contributed by atoms with Crippen LogP contribution in [-0.4, -0.2) is 45.8 Å². The first kappa shape index (κ1) is 19.4. The molecule has 6 heteroatoms. The standard InChI is InChI=1S/C24H29N3O3/c25-13-23-18-2-4-21(28)24(29)19(18)12-22(30-23)16-6-9-27(10-7-16)14-15-1-3-20-17(11-15)5-8-26-20/h1-5,8,11,16,22-23,26,28-29H,6-7,9-10,12-14,25H2. The average molecular weight is 408 g/mol. The second-order valence-electron chi connectivity index (χ2n) is 8.62. The Hall–Kier alpha value is -2.54. The first-order chi connectivity index (χ1) is 14.6. The SMILES string of the molecule is NCC1OC(C2CCN(Cc3ccc4[nH]ccc4c3)CC2)Cc2c1ccc(O)c2O. The van der Waals surface area contributed by atoms with E-state index in [0.29, 0.717) is 18.9 Å². The smallest absolute Gasteiger partial charge is 0.161 e. The molecule has 0 saturated carbocycles. The minimum absolute atomic E-state index is 0.0168. The number of aromatic hydroxyl groups is 2. The third-order valence-corrected chi connectivity index (χ3v) is 6.78. The van der Waals surface area contributed by atoms with E-state index in [9.17, 15) is 10.2 Å². The van der Waals surface area contributed by atoms with Crippen molar-refractivity contribution >= 4 is 10.9 Å². The van der Waals surface area contributed by atoms with E-state index in [-0.39, 0.29) is 23.7 Å². The molecular formula is C24H29N3O3. The number of nitrogens with one attached hydrogen (secondary N) is 1. The third kappa shape index (κ3) is 3.55. The van der Waals surface area contributed by atoms with Gasteiger partial charge in [0.1, 0.15) is 0 Å². The second kappa shape index (κ2) is 7.95. The maximum absolute atomic E-state index is 10.4. The molecule has 0 amide bonds. The van der Waals surface area contributed by atoms with Crippen LogP contribution in [0.2, 0.25) is 0 Å². The lowest BCUT2D eigenvalue weighted by atomic mass is 9.83. The highest BCUT2D eigenvalue weighted by atomic mass is 16.5. The largest absolute Gasteiger partial charge is 0.504 e. The lowest BCUT2D eigenvalue weighted by molar-refractivity contribution is -0.0651. The van der Waals surface area contributed by atoms with Crippen molar-refractivity contribution in [1.29, 1.82) is 0 Å². The molecule has 158 valence electrons. The number of H-pyrrole nitrogens is 1. The Morgan fingerprint density at radius 2 is 1.93 bits per heavy atom. The van der Waals surface area contributed by atoms with Crippen molar-refractivity contribution in [3.05, 3.63) is 59.3 Å². The normalized spacial score (nSPS) is 23.0. The van der Waals surface area contributed by atoms with Gasteiger partial charge in [-0.25, -0.2) is 0 Å². The number of aromatic nitrogens is 1. The number of ether oxygens (including phenoxy) is 1. The summed E-state index contributed by atoms with van der Waals surface area (Å²) in [5.41, 5.74) is 10.2. The van der Waals surface area contributed by atoms with Crippen molar-refractivity contribution in [3.8, 4) is 11.5 Å². The van der Waals surface area contributed by atoms with Gasteiger partial charge >= 0.3 is 0 Å². The fraction of sp³-hybridized carbons (Fsp3) is 0.417. The number of hydrogen-bond acceptors (Lipinski definition) is 5. The van der Waals surface area contributed by atoms with Crippen LogP contribution in [0.3, 0.4) is 0 Å². The van der Waals surface area contributed by atoms with Gasteiger partial charge in [-0.1, -0.05) is 12.1 Å². The van der Waals surface area contributed by atoms with E-state index in [4.69, 9.17) is 10.5 Å². The molecule has 5 N–H and O–H groups in total. The van der Waals surface area contributed by atoms with Gasteiger partial charge in [0.05, 0.1) is 12.2 Å². The molecule has 5 rings (SSSR count). The molecule has 3 aromatic rings. The highest BCUT2D eigenvalue weighted by molar-refractivity contribution is 5.79. The van der Waals surface area contributed by atoms with Crippen LogP contribution in [0.1, 0.15) is 35.6 Å². The Labute approximate surface area is 176 Å². The number of phenols is 2. The predicted octanol–water partition coefficient (Wildman–Crippen LogP) is 3.43. The van der Waals surface area contributed by atoms with Gasteiger partial charge in [0, 0.05) is 36.8 Å². The quantitative estimate of drug-likeness (QED) is 0.497. The van der Waals surface area contributed by atoms with Crippen LogP contribution >= 0.6 is 0 Å². The number of rotatable bonds is 4. The molecule has 0 aliphatic carbocycles. The molecule has 1 aromatic heterocycles. The van der Waals surface area contributed by atoms with E-state index < -0.39 is 0 Å². The fourth-order valence-electron chi connectivity index (χ4n) is 5.09. The summed E-state index contributed by atoms with van der Waals surface area (Å²) in [5, 5.41) is 21.6. The first-order valence-electron chi connectivity index (χ1n) is 10.8. The van der Waals surface area contributed by atoms with Crippen molar-refractivity contribution in [2.24, 2.45) is 11.7 Å². The molecule has 3 heterocycles. The Balaban J connectivity index is 1.24. The number of nitrogens with zero attached hydrogens (tertiary/aromatic N) is 1. The zero-order chi connectivity index (χ0) is 20.7. The monoisotopic (exact) mass is 407 g/mol. The summed E-state index contributed by atoms with van der Waals surface area (Å²) in [6, 6.07) is 12.1. The summed E-state index contributed by atoms with van der Waals surface area (Å²) < 4.78 is 6.35. The Morgan fingerprint density at radius 3 is 2.73 bits per heavy atom. The van der Waals surface area contributed by atoms with Crippen molar-refractivity contribution < 1.29 is 14.9 Å². The molecule has 2 aromatic carbocycles. The molecule has 1 fully saturated rings. The number of phenolic OH excluding ortho intramolecular Hbond substituents is 2. The Bertz CT molecular complexity index is 1040. The van der Waals surface area contributed by atoms with E-state index in [2.05, 4.69) is 34.1 Å². The van der Waals surface area contributed by atoms with Crippen LogP contribution < -0.4 is 5.73 Å². The van der Waals surface area contributed by atoms with Crippen molar-refractivity contribution in [3.63, 3.8) is 0 Å². The molecule has 2 aliphatic rings. The minimum atomic E-state index is -0.226. The van der Waals surface area contributed by atoms with Gasteiger partial charge in [-0.15, -0.1) is 0 Å². The molecular weight excluding hydrogens is 378 g/mol. The van der Waals surface area contributed by atoms with Gasteiger partial charge in [-0.05, 0) is 72.6 Å². The molecule has 2 aliphatic heterocycles. The topological polar surface area (TPSA) is 94.7 Å². The maximum atomic E-state index is 10.4. The van der Waals surface area contributed by atoms with Crippen LogP contribution in [0.15, 0.2) is 42.6 Å². The number of fused-ring (bicyclic) bond motifs is 2. The lowest BCUT2D eigenvalue weighted by Crippen LogP contribution is -2.41. The molecule has 6 nitrogen and oxygen atoms in total. The van der Waals surface area contributed by atoms with Gasteiger partial charge in [0.2, 0.25) is 0 Å². The molecule has 2 unspecified atom stereocenters. The van der Waals surface area contributed by atoms with Crippen LogP contribution in [0.4, 0.5) is 0 Å². The zero-order valence-electron chi connectivity index (χ0n) is 17.1. The van der Waals surface area contributed by atoms with Gasteiger partial charge in [-0.3, -0.25) is 4.90 Å². The zero-order valence-corrected chi connectivity index (χ0v) is 17.1. The number of nitrogens with two attached hydrogens (primary N) is 1. The van der Waals surface area contributed by atoms with E-state index in [0.717, 1.165) is 43.6 Å². The highest BCUT2D eigenvalue weighted by Crippen LogP contribution is 2.42. The number of benzene rings is 2. The van der Waals surface area contributed by atoms with Gasteiger partial charge < -0.3 is 25.7 Å². The van der Waals surface area contributed by atoms with E-state index in [1.165, 1.54) is 22.5 Å². The molecule has 0 bridgehead atoms.